The van der Waals surface area contributed by atoms with Crippen LogP contribution in [0.25, 0.3) is 0 Å². The maximum absolute atomic E-state index is 4.17. The molecule has 0 bridgehead atoms. The predicted molar refractivity (Wildman–Crippen MR) is 54.0 cm³/mol. The first-order chi connectivity index (χ1) is 5.04. The first-order valence-electron chi connectivity index (χ1n) is 4.14. The molecule has 0 saturated carbocycles. The molecule has 0 aromatic rings. The Hall–Kier alpha value is 0.270. The van der Waals surface area contributed by atoms with Gasteiger partial charge in [0.05, 0.1) is 0 Å². The third kappa shape index (κ3) is 6.66. The lowest BCUT2D eigenvalue weighted by molar-refractivity contribution is 0.265. The van der Waals surface area contributed by atoms with Gasteiger partial charge in [0.15, 0.2) is 0 Å². The van der Waals surface area contributed by atoms with Gasteiger partial charge in [-0.15, -0.1) is 0 Å². The molecule has 2 nitrogen and oxygen atoms in total. The van der Waals surface area contributed by atoms with Crippen molar-refractivity contribution in [3.05, 3.63) is 0 Å². The fourth-order valence-corrected chi connectivity index (χ4v) is 0.949. The van der Waals surface area contributed by atoms with Gasteiger partial charge in [-0.05, 0) is 40.9 Å². The fourth-order valence-electron chi connectivity index (χ4n) is 0.807. The van der Waals surface area contributed by atoms with Crippen LogP contribution >= 0.6 is 12.8 Å². The molecule has 0 aromatic carbocycles. The van der Waals surface area contributed by atoms with Gasteiger partial charge in [-0.1, -0.05) is 12.8 Å². The van der Waals surface area contributed by atoms with Gasteiger partial charge in [-0.25, -0.2) is 0 Å². The smallest absolute Gasteiger partial charge is 0.00960 e. The molecule has 68 valence electrons. The summed E-state index contributed by atoms with van der Waals surface area (Å²) in [7, 11) is 4.14. The standard InChI is InChI=1S/C8H20N2S/c1-8(2)9(3)6-5-7-10(4)11/h8,11H,5-7H2,1-4H3. The van der Waals surface area contributed by atoms with Crippen molar-refractivity contribution in [3.63, 3.8) is 0 Å². The van der Waals surface area contributed by atoms with E-state index in [1.165, 1.54) is 6.42 Å². The second kappa shape index (κ2) is 5.86. The van der Waals surface area contributed by atoms with Crippen molar-refractivity contribution in [1.82, 2.24) is 9.21 Å². The van der Waals surface area contributed by atoms with Gasteiger partial charge in [-0.2, -0.15) is 0 Å². The zero-order valence-corrected chi connectivity index (χ0v) is 8.93. The van der Waals surface area contributed by atoms with Gasteiger partial charge in [0, 0.05) is 12.6 Å². The Morgan fingerprint density at radius 3 is 2.09 bits per heavy atom. The second-order valence-corrected chi connectivity index (χ2v) is 3.99. The fraction of sp³-hybridized carbons (Fsp3) is 1.00. The summed E-state index contributed by atoms with van der Waals surface area (Å²) in [6.45, 7) is 6.64. The number of hydrogen-bond acceptors (Lipinski definition) is 3. The molecule has 0 amide bonds. The molecular formula is C8H20N2S. The molecule has 11 heavy (non-hydrogen) atoms. The summed E-state index contributed by atoms with van der Waals surface area (Å²) in [6, 6.07) is 0.653. The minimum Gasteiger partial charge on any atom is -0.304 e. The summed E-state index contributed by atoms with van der Waals surface area (Å²) >= 11 is 4.17. The maximum atomic E-state index is 4.17. The van der Waals surface area contributed by atoms with Crippen molar-refractivity contribution in [2.24, 2.45) is 0 Å². The lowest BCUT2D eigenvalue weighted by Crippen LogP contribution is -2.28. The zero-order valence-electron chi connectivity index (χ0n) is 8.04. The first kappa shape index (κ1) is 11.3. The Morgan fingerprint density at radius 2 is 1.73 bits per heavy atom. The van der Waals surface area contributed by atoms with Crippen LogP contribution in [-0.2, 0) is 0 Å². The van der Waals surface area contributed by atoms with Crippen LogP contribution in [0.3, 0.4) is 0 Å². The molecule has 0 aromatic heterocycles. The van der Waals surface area contributed by atoms with E-state index in [-0.39, 0.29) is 0 Å². The van der Waals surface area contributed by atoms with Crippen LogP contribution in [0.15, 0.2) is 0 Å². The molecule has 0 fully saturated rings. The van der Waals surface area contributed by atoms with E-state index >= 15 is 0 Å². The minimum atomic E-state index is 0.653. The van der Waals surface area contributed by atoms with Gasteiger partial charge in [0.25, 0.3) is 0 Å². The third-order valence-electron chi connectivity index (χ3n) is 1.87. The average Bonchev–Trinajstić information content (AvgIpc) is 1.86. The van der Waals surface area contributed by atoms with Crippen molar-refractivity contribution in [2.75, 3.05) is 27.2 Å². The summed E-state index contributed by atoms with van der Waals surface area (Å²) in [6.07, 6.45) is 1.19. The van der Waals surface area contributed by atoms with Crippen molar-refractivity contribution < 1.29 is 0 Å². The van der Waals surface area contributed by atoms with Crippen molar-refractivity contribution >= 4 is 12.8 Å². The Morgan fingerprint density at radius 1 is 1.18 bits per heavy atom. The van der Waals surface area contributed by atoms with Crippen LogP contribution in [0, 0.1) is 0 Å². The molecule has 0 aliphatic heterocycles. The molecule has 0 heterocycles. The lowest BCUT2D eigenvalue weighted by atomic mass is 10.3. The van der Waals surface area contributed by atoms with Crippen LogP contribution in [0.5, 0.6) is 0 Å². The van der Waals surface area contributed by atoms with E-state index in [4.69, 9.17) is 0 Å². The Labute approximate surface area is 76.1 Å². The normalized spacial score (nSPS) is 12.0. The number of rotatable bonds is 5. The van der Waals surface area contributed by atoms with E-state index in [1.54, 1.807) is 0 Å². The SMILES string of the molecule is CC(C)N(C)CCCN(C)S. The van der Waals surface area contributed by atoms with Crippen molar-refractivity contribution in [1.29, 1.82) is 0 Å². The Kier molecular flexibility index (Phi) is 6.01. The van der Waals surface area contributed by atoms with Crippen LogP contribution in [-0.4, -0.2) is 42.4 Å². The molecule has 0 atom stereocenters. The van der Waals surface area contributed by atoms with Gasteiger partial charge in [0.2, 0.25) is 0 Å². The highest BCUT2D eigenvalue weighted by atomic mass is 32.1. The van der Waals surface area contributed by atoms with Crippen LogP contribution in [0.1, 0.15) is 20.3 Å². The molecule has 0 aliphatic rings. The second-order valence-electron chi connectivity index (χ2n) is 3.31. The molecule has 0 saturated heterocycles. The van der Waals surface area contributed by atoms with Gasteiger partial charge in [0.1, 0.15) is 0 Å². The minimum absolute atomic E-state index is 0.653. The topological polar surface area (TPSA) is 6.48 Å². The van der Waals surface area contributed by atoms with Crippen LogP contribution < -0.4 is 0 Å². The molecule has 0 radical (unpaired) electrons. The van der Waals surface area contributed by atoms with E-state index < -0.39 is 0 Å². The molecule has 0 spiro atoms. The molecule has 0 aliphatic carbocycles. The van der Waals surface area contributed by atoms with Crippen LogP contribution in [0.4, 0.5) is 0 Å². The maximum Gasteiger partial charge on any atom is 0.00960 e. The molecular weight excluding hydrogens is 156 g/mol. The van der Waals surface area contributed by atoms with Crippen molar-refractivity contribution in [2.45, 2.75) is 26.3 Å². The van der Waals surface area contributed by atoms with E-state index in [0.717, 1.165) is 13.1 Å². The number of hydrogen-bond donors (Lipinski definition) is 1. The Balaban J connectivity index is 3.24. The third-order valence-corrected chi connectivity index (χ3v) is 2.07. The summed E-state index contributed by atoms with van der Waals surface area (Å²) in [5.74, 6) is 0. The summed E-state index contributed by atoms with van der Waals surface area (Å²) < 4.78 is 1.92. The molecule has 3 heteroatoms. The van der Waals surface area contributed by atoms with E-state index in [2.05, 4.69) is 38.6 Å². The number of nitrogens with zero attached hydrogens (tertiary/aromatic N) is 2. The highest BCUT2D eigenvalue weighted by Gasteiger charge is 2.01. The monoisotopic (exact) mass is 176 g/mol. The van der Waals surface area contributed by atoms with E-state index in [9.17, 15) is 0 Å². The van der Waals surface area contributed by atoms with E-state index in [1.807, 2.05) is 11.4 Å². The molecule has 0 N–H and O–H groups in total. The first-order valence-corrected chi connectivity index (χ1v) is 4.54. The van der Waals surface area contributed by atoms with Gasteiger partial charge < -0.3 is 4.90 Å². The van der Waals surface area contributed by atoms with E-state index in [0.29, 0.717) is 6.04 Å². The quantitative estimate of drug-likeness (QED) is 0.634. The number of thiol groups is 1. The molecule has 0 unspecified atom stereocenters. The van der Waals surface area contributed by atoms with Crippen molar-refractivity contribution in [3.8, 4) is 0 Å². The summed E-state index contributed by atoms with van der Waals surface area (Å²) in [5.41, 5.74) is 0. The van der Waals surface area contributed by atoms with Gasteiger partial charge in [-0.3, -0.25) is 4.31 Å². The summed E-state index contributed by atoms with van der Waals surface area (Å²) in [4.78, 5) is 2.34. The lowest BCUT2D eigenvalue weighted by Gasteiger charge is -2.21. The van der Waals surface area contributed by atoms with Gasteiger partial charge >= 0.3 is 0 Å². The largest absolute Gasteiger partial charge is 0.304 e. The highest BCUT2D eigenvalue weighted by molar-refractivity contribution is 7.77. The van der Waals surface area contributed by atoms with Crippen LogP contribution in [0.2, 0.25) is 0 Å². The molecule has 0 rings (SSSR count). The highest BCUT2D eigenvalue weighted by Crippen LogP contribution is 1.96. The average molecular weight is 176 g/mol. The predicted octanol–water partition coefficient (Wildman–Crippen LogP) is 1.49. The summed E-state index contributed by atoms with van der Waals surface area (Å²) in [5, 5.41) is 0. The zero-order chi connectivity index (χ0) is 8.85. The Bertz CT molecular complexity index is 94.1.